The Kier molecular flexibility index (Phi) is 4.45. The van der Waals surface area contributed by atoms with Crippen LogP contribution in [-0.2, 0) is 20.1 Å². The van der Waals surface area contributed by atoms with Crippen molar-refractivity contribution in [3.63, 3.8) is 0 Å². The molecular formula is C26H23N5O2. The van der Waals surface area contributed by atoms with E-state index in [1.807, 2.05) is 37.6 Å². The fourth-order valence-electron chi connectivity index (χ4n) is 4.81. The van der Waals surface area contributed by atoms with Crippen LogP contribution in [0.2, 0.25) is 0 Å². The van der Waals surface area contributed by atoms with E-state index in [9.17, 15) is 9.90 Å². The molecule has 0 aliphatic carbocycles. The van der Waals surface area contributed by atoms with Gasteiger partial charge in [-0.2, -0.15) is 0 Å². The summed E-state index contributed by atoms with van der Waals surface area (Å²) in [4.78, 5) is 20.7. The Bertz CT molecular complexity index is 1530. The minimum absolute atomic E-state index is 0.126. The van der Waals surface area contributed by atoms with E-state index < -0.39 is 0 Å². The Balaban J connectivity index is 1.33. The van der Waals surface area contributed by atoms with Crippen molar-refractivity contribution in [1.82, 2.24) is 25.2 Å². The van der Waals surface area contributed by atoms with Crippen LogP contribution < -0.4 is 10.6 Å². The van der Waals surface area contributed by atoms with Gasteiger partial charge in [0.15, 0.2) is 0 Å². The molecule has 4 N–H and O–H groups in total. The highest BCUT2D eigenvalue weighted by atomic mass is 16.3. The quantitative estimate of drug-likeness (QED) is 0.336. The number of nitrogens with zero attached hydrogens (tertiary/aromatic N) is 2. The number of aromatic amines is 1. The summed E-state index contributed by atoms with van der Waals surface area (Å²) in [5.41, 5.74) is 6.53. The summed E-state index contributed by atoms with van der Waals surface area (Å²) in [6, 6.07) is 16.8. The minimum Gasteiger partial charge on any atom is -0.508 e. The van der Waals surface area contributed by atoms with Crippen LogP contribution in [0.5, 0.6) is 5.75 Å². The Morgan fingerprint density at radius 2 is 2.00 bits per heavy atom. The van der Waals surface area contributed by atoms with Crippen molar-refractivity contribution in [1.29, 1.82) is 0 Å². The number of phenolic OH excluding ortho intramolecular Hbond substituents is 1. The number of aromatic nitrogens is 3. The first-order chi connectivity index (χ1) is 16.1. The molecule has 0 radical (unpaired) electrons. The van der Waals surface area contributed by atoms with Crippen molar-refractivity contribution in [2.24, 2.45) is 7.05 Å². The lowest BCUT2D eigenvalue weighted by molar-refractivity contribution is 0.0960. The molecule has 7 nitrogen and oxygen atoms in total. The average Bonchev–Trinajstić information content (AvgIpc) is 3.47. The summed E-state index contributed by atoms with van der Waals surface area (Å²) < 4.78 is 2.09. The first-order valence-corrected chi connectivity index (χ1v) is 10.9. The SMILES string of the molecule is Cn1ccc2cnc(CNCc3[nH]c4ccccc4c3C3NC(=O)c4ccc(O)cc43)cc21. The molecule has 6 rings (SSSR count). The molecule has 2 aromatic carbocycles. The maximum Gasteiger partial charge on any atom is 0.252 e. The number of para-hydroxylation sites is 1. The molecule has 0 saturated heterocycles. The summed E-state index contributed by atoms with van der Waals surface area (Å²) in [5.74, 6) is 0.0242. The van der Waals surface area contributed by atoms with Gasteiger partial charge in [-0.1, -0.05) is 18.2 Å². The number of aryl methyl sites for hydroxylation is 1. The molecule has 7 heteroatoms. The number of fused-ring (bicyclic) bond motifs is 3. The summed E-state index contributed by atoms with van der Waals surface area (Å²) in [6.07, 6.45) is 3.93. The number of rotatable bonds is 5. The van der Waals surface area contributed by atoms with E-state index in [0.717, 1.165) is 44.3 Å². The van der Waals surface area contributed by atoms with Gasteiger partial charge >= 0.3 is 0 Å². The maximum atomic E-state index is 12.6. The third kappa shape index (κ3) is 3.25. The molecule has 1 amide bonds. The Hall–Kier alpha value is -4.10. The summed E-state index contributed by atoms with van der Waals surface area (Å²) in [5, 5.41) is 18.8. The van der Waals surface area contributed by atoms with Gasteiger partial charge in [-0.05, 0) is 42.0 Å². The third-order valence-electron chi connectivity index (χ3n) is 6.42. The Labute approximate surface area is 190 Å². The van der Waals surface area contributed by atoms with E-state index in [1.54, 1.807) is 18.2 Å². The fraction of sp³-hybridized carbons (Fsp3) is 0.154. The van der Waals surface area contributed by atoms with Gasteiger partial charge in [0.25, 0.3) is 5.91 Å². The van der Waals surface area contributed by atoms with E-state index in [4.69, 9.17) is 0 Å². The van der Waals surface area contributed by atoms with Gasteiger partial charge in [0.1, 0.15) is 5.75 Å². The van der Waals surface area contributed by atoms with E-state index in [-0.39, 0.29) is 17.7 Å². The molecule has 0 fully saturated rings. The second kappa shape index (κ2) is 7.50. The molecule has 1 atom stereocenters. The predicted octanol–water partition coefficient (Wildman–Crippen LogP) is 3.88. The molecule has 33 heavy (non-hydrogen) atoms. The van der Waals surface area contributed by atoms with Gasteiger partial charge in [0.05, 0.1) is 17.3 Å². The minimum atomic E-state index is -0.328. The highest BCUT2D eigenvalue weighted by molar-refractivity contribution is 6.01. The molecule has 164 valence electrons. The van der Waals surface area contributed by atoms with Crippen LogP contribution >= 0.6 is 0 Å². The smallest absolute Gasteiger partial charge is 0.252 e. The number of H-pyrrole nitrogens is 1. The number of nitrogens with one attached hydrogen (secondary N) is 3. The van der Waals surface area contributed by atoms with Gasteiger partial charge in [0, 0.05) is 65.6 Å². The summed E-state index contributed by atoms with van der Waals surface area (Å²) in [7, 11) is 2.03. The first-order valence-electron chi connectivity index (χ1n) is 10.9. The molecule has 4 heterocycles. The van der Waals surface area contributed by atoms with Crippen molar-refractivity contribution in [3.8, 4) is 5.75 Å². The molecule has 0 spiro atoms. The van der Waals surface area contributed by atoms with Crippen LogP contribution in [0.4, 0.5) is 0 Å². The molecule has 1 aliphatic heterocycles. The van der Waals surface area contributed by atoms with Crippen LogP contribution in [0.25, 0.3) is 21.8 Å². The average molecular weight is 438 g/mol. The van der Waals surface area contributed by atoms with Crippen molar-refractivity contribution in [2.75, 3.05) is 0 Å². The van der Waals surface area contributed by atoms with E-state index in [1.165, 1.54) is 0 Å². The fourth-order valence-corrected chi connectivity index (χ4v) is 4.81. The maximum absolute atomic E-state index is 12.6. The van der Waals surface area contributed by atoms with E-state index in [0.29, 0.717) is 18.7 Å². The van der Waals surface area contributed by atoms with Crippen LogP contribution in [-0.4, -0.2) is 25.5 Å². The predicted molar refractivity (Wildman–Crippen MR) is 127 cm³/mol. The van der Waals surface area contributed by atoms with Crippen molar-refractivity contribution >= 4 is 27.7 Å². The molecule has 1 aliphatic rings. The molecule has 5 aromatic rings. The van der Waals surface area contributed by atoms with Gasteiger partial charge in [0.2, 0.25) is 0 Å². The molecule has 0 bridgehead atoms. The number of carbonyl (C=O) groups excluding carboxylic acids is 1. The number of benzene rings is 2. The number of pyridine rings is 1. The van der Waals surface area contributed by atoms with E-state index in [2.05, 4.69) is 43.4 Å². The van der Waals surface area contributed by atoms with Gasteiger partial charge in [-0.25, -0.2) is 0 Å². The van der Waals surface area contributed by atoms with Crippen LogP contribution in [0.15, 0.2) is 67.0 Å². The van der Waals surface area contributed by atoms with Crippen LogP contribution in [0.3, 0.4) is 0 Å². The number of phenols is 1. The molecule has 1 unspecified atom stereocenters. The lowest BCUT2D eigenvalue weighted by Crippen LogP contribution is -2.22. The zero-order valence-electron chi connectivity index (χ0n) is 18.1. The number of aromatic hydroxyl groups is 1. The van der Waals surface area contributed by atoms with Gasteiger partial charge in [-0.3, -0.25) is 9.78 Å². The van der Waals surface area contributed by atoms with Crippen molar-refractivity contribution in [2.45, 2.75) is 19.1 Å². The van der Waals surface area contributed by atoms with Crippen molar-refractivity contribution in [3.05, 3.63) is 95.1 Å². The van der Waals surface area contributed by atoms with Crippen LogP contribution in [0.1, 0.15) is 38.9 Å². The second-order valence-corrected chi connectivity index (χ2v) is 8.51. The van der Waals surface area contributed by atoms with Crippen molar-refractivity contribution < 1.29 is 9.90 Å². The first kappa shape index (κ1) is 19.6. The topological polar surface area (TPSA) is 95.0 Å². The highest BCUT2D eigenvalue weighted by Gasteiger charge is 2.33. The summed E-state index contributed by atoms with van der Waals surface area (Å²) >= 11 is 0. The van der Waals surface area contributed by atoms with E-state index >= 15 is 0 Å². The van der Waals surface area contributed by atoms with Gasteiger partial charge in [-0.15, -0.1) is 0 Å². The van der Waals surface area contributed by atoms with Gasteiger partial charge < -0.3 is 25.3 Å². The number of amides is 1. The molecule has 3 aromatic heterocycles. The lowest BCUT2D eigenvalue weighted by atomic mass is 9.95. The third-order valence-corrected chi connectivity index (χ3v) is 6.42. The Morgan fingerprint density at radius 3 is 2.91 bits per heavy atom. The normalized spacial score (nSPS) is 15.3. The molecular weight excluding hydrogens is 414 g/mol. The molecule has 0 saturated carbocycles. The largest absolute Gasteiger partial charge is 0.508 e. The second-order valence-electron chi connectivity index (χ2n) is 8.51. The monoisotopic (exact) mass is 437 g/mol. The summed E-state index contributed by atoms with van der Waals surface area (Å²) in [6.45, 7) is 1.20. The zero-order valence-corrected chi connectivity index (χ0v) is 18.1. The van der Waals surface area contributed by atoms with Crippen LogP contribution in [0, 0.1) is 0 Å². The lowest BCUT2D eigenvalue weighted by Gasteiger charge is -2.15. The number of hydrogen-bond donors (Lipinski definition) is 4. The highest BCUT2D eigenvalue weighted by Crippen LogP contribution is 2.38. The number of hydrogen-bond acceptors (Lipinski definition) is 4. The zero-order chi connectivity index (χ0) is 22.5. The Morgan fingerprint density at radius 1 is 1.12 bits per heavy atom. The standard InChI is InChI=1S/C26H23N5O2/c1-31-9-8-15-12-28-16(10-23(15)31)13-27-14-22-24(19-4-2-3-5-21(19)29-22)25-20-11-17(32)6-7-18(20)26(33)30-25/h2-12,25,27,29,32H,13-14H2,1H3,(H,30,33). The number of carbonyl (C=O) groups is 1.